The Morgan fingerprint density at radius 2 is 2.08 bits per heavy atom. The van der Waals surface area contributed by atoms with Crippen LogP contribution in [0.4, 0.5) is 0 Å². The molecule has 1 fully saturated rings. The Hall–Kier alpha value is -2.41. The third-order valence-corrected chi connectivity index (χ3v) is 5.04. The topological polar surface area (TPSA) is 72.3 Å². The van der Waals surface area contributed by atoms with Crippen molar-refractivity contribution in [3.63, 3.8) is 0 Å². The summed E-state index contributed by atoms with van der Waals surface area (Å²) in [6.45, 7) is 4.49. The number of likely N-dealkylation sites (N-methyl/N-ethyl adjacent to an activating group) is 1. The highest BCUT2D eigenvalue weighted by atomic mass is 16.5. The summed E-state index contributed by atoms with van der Waals surface area (Å²) in [7, 11) is 3.47. The van der Waals surface area contributed by atoms with Crippen LogP contribution in [0.2, 0.25) is 0 Å². The zero-order valence-electron chi connectivity index (χ0n) is 15.7. The maximum absolute atomic E-state index is 12.8. The van der Waals surface area contributed by atoms with Gasteiger partial charge in [-0.15, -0.1) is 5.10 Å². The average molecular weight is 357 g/mol. The highest BCUT2D eigenvalue weighted by molar-refractivity contribution is 5.93. The van der Waals surface area contributed by atoms with E-state index in [1.807, 2.05) is 35.9 Å². The molecule has 1 N–H and O–H groups in total. The lowest BCUT2D eigenvalue weighted by molar-refractivity contribution is 0.0789. The summed E-state index contributed by atoms with van der Waals surface area (Å²) in [5, 5.41) is 11.8. The first-order valence-corrected chi connectivity index (χ1v) is 9.11. The molecule has 1 aromatic carbocycles. The summed E-state index contributed by atoms with van der Waals surface area (Å²) < 4.78 is 7.30. The third kappa shape index (κ3) is 3.88. The predicted octanol–water partition coefficient (Wildman–Crippen LogP) is 1.83. The molecular formula is C19H27N5O2. The average Bonchev–Trinajstić information content (AvgIpc) is 3.07. The zero-order chi connectivity index (χ0) is 18.5. The standard InChI is InChI=1S/C19H27N5O2/c1-14-18(21-22-24(14)16-8-11-20-12-9-16)19(25)23(2)13-10-15-6-4-5-7-17(15)26-3/h4-7,16,20H,8-13H2,1-3H3. The Kier molecular flexibility index (Phi) is 5.88. The number of benzene rings is 1. The van der Waals surface area contributed by atoms with Gasteiger partial charge in [-0.3, -0.25) is 4.79 Å². The first-order chi connectivity index (χ1) is 12.6. The molecule has 0 saturated carbocycles. The fourth-order valence-electron chi connectivity index (χ4n) is 3.42. The lowest BCUT2D eigenvalue weighted by Gasteiger charge is -2.23. The van der Waals surface area contributed by atoms with Crippen LogP contribution in [-0.2, 0) is 6.42 Å². The van der Waals surface area contributed by atoms with Crippen molar-refractivity contribution >= 4 is 5.91 Å². The van der Waals surface area contributed by atoms with Gasteiger partial charge in [0.15, 0.2) is 5.69 Å². The second-order valence-electron chi connectivity index (χ2n) is 6.74. The Bertz CT molecular complexity index is 752. The molecule has 26 heavy (non-hydrogen) atoms. The van der Waals surface area contributed by atoms with Gasteiger partial charge in [0, 0.05) is 13.6 Å². The van der Waals surface area contributed by atoms with Gasteiger partial charge in [-0.05, 0) is 50.9 Å². The number of aromatic nitrogens is 3. The Morgan fingerprint density at radius 1 is 1.35 bits per heavy atom. The Labute approximate surface area is 154 Å². The second kappa shape index (κ2) is 8.31. The molecule has 1 amide bonds. The third-order valence-electron chi connectivity index (χ3n) is 5.04. The predicted molar refractivity (Wildman–Crippen MR) is 99.6 cm³/mol. The molecule has 0 radical (unpaired) electrons. The number of piperidine rings is 1. The monoisotopic (exact) mass is 357 g/mol. The SMILES string of the molecule is COc1ccccc1CCN(C)C(=O)c1nnn(C2CCNCC2)c1C. The molecule has 140 valence electrons. The van der Waals surface area contributed by atoms with Crippen LogP contribution in [0.5, 0.6) is 5.75 Å². The number of carbonyl (C=O) groups is 1. The van der Waals surface area contributed by atoms with Crippen molar-refractivity contribution in [3.05, 3.63) is 41.2 Å². The summed E-state index contributed by atoms with van der Waals surface area (Å²) >= 11 is 0. The van der Waals surface area contributed by atoms with E-state index >= 15 is 0 Å². The van der Waals surface area contributed by atoms with E-state index in [9.17, 15) is 4.79 Å². The summed E-state index contributed by atoms with van der Waals surface area (Å²) in [6.07, 6.45) is 2.76. The lowest BCUT2D eigenvalue weighted by Crippen LogP contribution is -2.31. The molecule has 7 heteroatoms. The van der Waals surface area contributed by atoms with Gasteiger partial charge < -0.3 is 15.0 Å². The first-order valence-electron chi connectivity index (χ1n) is 9.11. The largest absolute Gasteiger partial charge is 0.496 e. The van der Waals surface area contributed by atoms with Crippen LogP contribution in [-0.4, -0.2) is 59.6 Å². The molecule has 0 spiro atoms. The number of hydrogen-bond donors (Lipinski definition) is 1. The van der Waals surface area contributed by atoms with Crippen LogP contribution >= 0.6 is 0 Å². The van der Waals surface area contributed by atoms with Crippen LogP contribution in [0.25, 0.3) is 0 Å². The van der Waals surface area contributed by atoms with E-state index in [-0.39, 0.29) is 5.91 Å². The Balaban J connectivity index is 1.66. The number of nitrogens with one attached hydrogen (secondary N) is 1. The number of para-hydroxylation sites is 1. The number of amides is 1. The number of methoxy groups -OCH3 is 1. The molecule has 2 heterocycles. The highest BCUT2D eigenvalue weighted by Crippen LogP contribution is 2.21. The molecule has 0 bridgehead atoms. The minimum Gasteiger partial charge on any atom is -0.496 e. The van der Waals surface area contributed by atoms with Gasteiger partial charge in [-0.2, -0.15) is 0 Å². The van der Waals surface area contributed by atoms with Crippen LogP contribution in [0, 0.1) is 6.92 Å². The molecule has 0 atom stereocenters. The molecule has 1 saturated heterocycles. The minimum atomic E-state index is -0.0856. The van der Waals surface area contributed by atoms with E-state index in [2.05, 4.69) is 15.6 Å². The fourth-order valence-corrected chi connectivity index (χ4v) is 3.42. The van der Waals surface area contributed by atoms with Crippen molar-refractivity contribution in [3.8, 4) is 5.75 Å². The van der Waals surface area contributed by atoms with Gasteiger partial charge >= 0.3 is 0 Å². The quantitative estimate of drug-likeness (QED) is 0.854. The molecule has 3 rings (SSSR count). The molecular weight excluding hydrogens is 330 g/mol. The smallest absolute Gasteiger partial charge is 0.276 e. The molecule has 1 aliphatic rings. The van der Waals surface area contributed by atoms with Gasteiger partial charge in [-0.25, -0.2) is 4.68 Å². The van der Waals surface area contributed by atoms with Crippen molar-refractivity contribution < 1.29 is 9.53 Å². The van der Waals surface area contributed by atoms with Crippen LogP contribution in [0.1, 0.15) is 40.6 Å². The van der Waals surface area contributed by atoms with Crippen molar-refractivity contribution in [2.45, 2.75) is 32.2 Å². The van der Waals surface area contributed by atoms with Gasteiger partial charge in [-0.1, -0.05) is 23.4 Å². The number of ether oxygens (including phenoxy) is 1. The maximum atomic E-state index is 12.8. The first kappa shape index (κ1) is 18.4. The summed E-state index contributed by atoms with van der Waals surface area (Å²) in [5.41, 5.74) is 2.39. The van der Waals surface area contributed by atoms with Crippen LogP contribution < -0.4 is 10.1 Å². The number of carbonyl (C=O) groups excluding carboxylic acids is 1. The van der Waals surface area contributed by atoms with Gasteiger partial charge in [0.05, 0.1) is 18.8 Å². The Morgan fingerprint density at radius 3 is 2.81 bits per heavy atom. The molecule has 0 unspecified atom stereocenters. The van der Waals surface area contributed by atoms with E-state index in [0.717, 1.165) is 49.4 Å². The van der Waals surface area contributed by atoms with E-state index in [1.54, 1.807) is 19.1 Å². The number of nitrogens with zero attached hydrogens (tertiary/aromatic N) is 4. The fraction of sp³-hybridized carbons (Fsp3) is 0.526. The minimum absolute atomic E-state index is 0.0856. The molecule has 2 aromatic rings. The van der Waals surface area contributed by atoms with Crippen molar-refractivity contribution in [1.29, 1.82) is 0 Å². The summed E-state index contributed by atoms with van der Waals surface area (Å²) in [6, 6.07) is 8.21. The van der Waals surface area contributed by atoms with Crippen LogP contribution in [0.3, 0.4) is 0 Å². The van der Waals surface area contributed by atoms with Crippen LogP contribution in [0.15, 0.2) is 24.3 Å². The normalized spacial score (nSPS) is 15.0. The van der Waals surface area contributed by atoms with E-state index < -0.39 is 0 Å². The van der Waals surface area contributed by atoms with E-state index in [4.69, 9.17) is 4.74 Å². The molecule has 1 aromatic heterocycles. The number of rotatable bonds is 6. The molecule has 0 aliphatic carbocycles. The highest BCUT2D eigenvalue weighted by Gasteiger charge is 2.24. The summed E-state index contributed by atoms with van der Waals surface area (Å²) in [5.74, 6) is 0.763. The zero-order valence-corrected chi connectivity index (χ0v) is 15.7. The molecule has 1 aliphatic heterocycles. The summed E-state index contributed by atoms with van der Waals surface area (Å²) in [4.78, 5) is 14.5. The van der Waals surface area contributed by atoms with Gasteiger partial charge in [0.1, 0.15) is 5.75 Å². The second-order valence-corrected chi connectivity index (χ2v) is 6.74. The maximum Gasteiger partial charge on any atom is 0.276 e. The molecule has 7 nitrogen and oxygen atoms in total. The number of hydrogen-bond acceptors (Lipinski definition) is 5. The van der Waals surface area contributed by atoms with Crippen molar-refractivity contribution in [2.24, 2.45) is 0 Å². The van der Waals surface area contributed by atoms with Crippen molar-refractivity contribution in [2.75, 3.05) is 33.8 Å². The van der Waals surface area contributed by atoms with Crippen molar-refractivity contribution in [1.82, 2.24) is 25.2 Å². The van der Waals surface area contributed by atoms with Gasteiger partial charge in [0.25, 0.3) is 5.91 Å². The lowest BCUT2D eigenvalue weighted by atomic mass is 10.1. The van der Waals surface area contributed by atoms with E-state index in [0.29, 0.717) is 18.3 Å². The van der Waals surface area contributed by atoms with Gasteiger partial charge in [0.2, 0.25) is 0 Å². The van der Waals surface area contributed by atoms with E-state index in [1.165, 1.54) is 0 Å².